The molecule has 0 fully saturated rings. The number of hydrogen-bond donors (Lipinski definition) is 1. The normalized spacial score (nSPS) is 10.7. The standard InChI is InChI=1S/C18H18N4O/c1-3-14-16(13-8-10-20-11-9-13)21-22(17(14)19)18(23)15-7-5-4-6-12(15)2/h4-11H,3,19H2,1-2H3. The summed E-state index contributed by atoms with van der Waals surface area (Å²) >= 11 is 0. The van der Waals surface area contributed by atoms with Gasteiger partial charge in [0.1, 0.15) is 5.82 Å². The zero-order valence-corrected chi connectivity index (χ0v) is 13.2. The zero-order valence-electron chi connectivity index (χ0n) is 13.2. The number of pyridine rings is 1. The van der Waals surface area contributed by atoms with Crippen LogP contribution in [0.25, 0.3) is 11.3 Å². The lowest BCUT2D eigenvalue weighted by Gasteiger charge is -2.06. The molecule has 0 aliphatic carbocycles. The van der Waals surface area contributed by atoms with Gasteiger partial charge in [0.25, 0.3) is 5.91 Å². The van der Waals surface area contributed by atoms with Gasteiger partial charge in [0, 0.05) is 29.1 Å². The molecule has 0 radical (unpaired) electrons. The minimum atomic E-state index is -0.212. The molecule has 0 aliphatic heterocycles. The summed E-state index contributed by atoms with van der Waals surface area (Å²) in [5.41, 5.74) is 10.2. The molecule has 0 bridgehead atoms. The van der Waals surface area contributed by atoms with Gasteiger partial charge >= 0.3 is 0 Å². The Labute approximate surface area is 134 Å². The van der Waals surface area contributed by atoms with E-state index in [0.717, 1.165) is 22.4 Å². The smallest absolute Gasteiger partial charge is 0.280 e. The van der Waals surface area contributed by atoms with Gasteiger partial charge in [-0.25, -0.2) is 0 Å². The van der Waals surface area contributed by atoms with Crippen molar-refractivity contribution in [1.29, 1.82) is 0 Å². The molecule has 5 nitrogen and oxygen atoms in total. The second-order valence-corrected chi connectivity index (χ2v) is 5.33. The third-order valence-corrected chi connectivity index (χ3v) is 3.90. The van der Waals surface area contributed by atoms with E-state index in [-0.39, 0.29) is 5.91 Å². The van der Waals surface area contributed by atoms with Crippen LogP contribution in [-0.2, 0) is 6.42 Å². The molecule has 2 N–H and O–H groups in total. The number of hydrogen-bond acceptors (Lipinski definition) is 4. The van der Waals surface area contributed by atoms with Crippen LogP contribution in [0.1, 0.15) is 28.4 Å². The molecule has 0 saturated heterocycles. The number of nitrogens with zero attached hydrogens (tertiary/aromatic N) is 3. The maximum Gasteiger partial charge on any atom is 0.280 e. The van der Waals surface area contributed by atoms with Crippen molar-refractivity contribution in [2.24, 2.45) is 0 Å². The minimum Gasteiger partial charge on any atom is -0.383 e. The predicted octanol–water partition coefficient (Wildman–Crippen LogP) is 3.09. The summed E-state index contributed by atoms with van der Waals surface area (Å²) in [6.45, 7) is 3.90. The first-order valence-electron chi connectivity index (χ1n) is 7.51. The van der Waals surface area contributed by atoms with Crippen molar-refractivity contribution < 1.29 is 4.79 Å². The maximum atomic E-state index is 12.8. The highest BCUT2D eigenvalue weighted by atomic mass is 16.2. The van der Waals surface area contributed by atoms with Gasteiger partial charge < -0.3 is 5.73 Å². The Hall–Kier alpha value is -2.95. The van der Waals surface area contributed by atoms with Gasteiger partial charge in [-0.05, 0) is 37.1 Å². The molecule has 0 amide bonds. The van der Waals surface area contributed by atoms with Crippen LogP contribution in [0.3, 0.4) is 0 Å². The number of aryl methyl sites for hydroxylation is 1. The number of benzene rings is 1. The fourth-order valence-electron chi connectivity index (χ4n) is 2.64. The number of carbonyl (C=O) groups excluding carboxylic acids is 1. The van der Waals surface area contributed by atoms with Crippen molar-refractivity contribution in [3.63, 3.8) is 0 Å². The monoisotopic (exact) mass is 306 g/mol. The molecule has 3 rings (SSSR count). The molecule has 1 aromatic carbocycles. The van der Waals surface area contributed by atoms with E-state index in [1.165, 1.54) is 4.68 Å². The largest absolute Gasteiger partial charge is 0.383 e. The van der Waals surface area contributed by atoms with E-state index in [2.05, 4.69) is 10.1 Å². The van der Waals surface area contributed by atoms with Crippen LogP contribution in [-0.4, -0.2) is 20.7 Å². The lowest BCUT2D eigenvalue weighted by atomic mass is 10.1. The van der Waals surface area contributed by atoms with E-state index in [0.29, 0.717) is 17.8 Å². The maximum absolute atomic E-state index is 12.8. The van der Waals surface area contributed by atoms with Gasteiger partial charge in [-0.2, -0.15) is 9.78 Å². The molecule has 0 spiro atoms. The third-order valence-electron chi connectivity index (χ3n) is 3.90. The first-order chi connectivity index (χ1) is 11.1. The number of anilines is 1. The summed E-state index contributed by atoms with van der Waals surface area (Å²) in [5.74, 6) is 0.183. The van der Waals surface area contributed by atoms with Gasteiger partial charge in [-0.15, -0.1) is 0 Å². The van der Waals surface area contributed by atoms with E-state index in [1.54, 1.807) is 18.5 Å². The van der Waals surface area contributed by atoms with Crippen LogP contribution < -0.4 is 5.73 Å². The average molecular weight is 306 g/mol. The van der Waals surface area contributed by atoms with Crippen LogP contribution in [0.2, 0.25) is 0 Å². The van der Waals surface area contributed by atoms with E-state index in [4.69, 9.17) is 5.73 Å². The fraction of sp³-hybridized carbons (Fsp3) is 0.167. The van der Waals surface area contributed by atoms with Crippen LogP contribution in [0.5, 0.6) is 0 Å². The quantitative estimate of drug-likeness (QED) is 0.807. The number of nitrogen functional groups attached to an aromatic ring is 1. The van der Waals surface area contributed by atoms with E-state index in [9.17, 15) is 4.79 Å². The average Bonchev–Trinajstić information content (AvgIpc) is 2.92. The molecule has 0 unspecified atom stereocenters. The second-order valence-electron chi connectivity index (χ2n) is 5.33. The topological polar surface area (TPSA) is 73.8 Å². The highest BCUT2D eigenvalue weighted by molar-refractivity contribution is 5.99. The van der Waals surface area contributed by atoms with Gasteiger partial charge in [-0.1, -0.05) is 25.1 Å². The van der Waals surface area contributed by atoms with Crippen LogP contribution in [0.4, 0.5) is 5.82 Å². The molecular weight excluding hydrogens is 288 g/mol. The fourth-order valence-corrected chi connectivity index (χ4v) is 2.64. The molecule has 0 aliphatic rings. The third kappa shape index (κ3) is 2.61. The van der Waals surface area contributed by atoms with Gasteiger partial charge in [0.15, 0.2) is 0 Å². The summed E-state index contributed by atoms with van der Waals surface area (Å²) in [6, 6.07) is 11.2. The molecule has 3 aromatic rings. The molecular formula is C18H18N4O. The SMILES string of the molecule is CCc1c(-c2ccncc2)nn(C(=O)c2ccccc2C)c1N. The lowest BCUT2D eigenvalue weighted by Crippen LogP contribution is -2.17. The predicted molar refractivity (Wildman–Crippen MR) is 90.2 cm³/mol. The summed E-state index contributed by atoms with van der Waals surface area (Å²) in [6.07, 6.45) is 4.10. The summed E-state index contributed by atoms with van der Waals surface area (Å²) in [5, 5.41) is 4.48. The number of nitrogens with two attached hydrogens (primary N) is 1. The van der Waals surface area contributed by atoms with Crippen molar-refractivity contribution in [1.82, 2.24) is 14.8 Å². The van der Waals surface area contributed by atoms with E-state index >= 15 is 0 Å². The lowest BCUT2D eigenvalue weighted by molar-refractivity contribution is 0.0947. The highest BCUT2D eigenvalue weighted by Crippen LogP contribution is 2.28. The van der Waals surface area contributed by atoms with Crippen molar-refractivity contribution in [3.05, 3.63) is 65.5 Å². The Morgan fingerprint density at radius 1 is 1.17 bits per heavy atom. The number of carbonyl (C=O) groups is 1. The number of rotatable bonds is 3. The number of aromatic nitrogens is 3. The van der Waals surface area contributed by atoms with Crippen LogP contribution in [0.15, 0.2) is 48.8 Å². The second kappa shape index (κ2) is 6.04. The van der Waals surface area contributed by atoms with Gasteiger partial charge in [0.2, 0.25) is 0 Å². The first kappa shape index (κ1) is 15.0. The van der Waals surface area contributed by atoms with Crippen LogP contribution in [0, 0.1) is 6.92 Å². The van der Waals surface area contributed by atoms with Gasteiger partial charge in [-0.3, -0.25) is 9.78 Å². The van der Waals surface area contributed by atoms with Crippen molar-refractivity contribution >= 4 is 11.7 Å². The van der Waals surface area contributed by atoms with Crippen molar-refractivity contribution in [2.75, 3.05) is 5.73 Å². The molecule has 116 valence electrons. The molecule has 2 heterocycles. The zero-order chi connectivity index (χ0) is 16.4. The molecule has 5 heteroatoms. The first-order valence-corrected chi connectivity index (χ1v) is 7.51. The molecule has 0 saturated carbocycles. The Balaban J connectivity index is 2.13. The van der Waals surface area contributed by atoms with Crippen LogP contribution >= 0.6 is 0 Å². The molecule has 0 atom stereocenters. The summed E-state index contributed by atoms with van der Waals surface area (Å²) < 4.78 is 1.30. The Morgan fingerprint density at radius 2 is 1.87 bits per heavy atom. The van der Waals surface area contributed by atoms with E-state index in [1.807, 2.05) is 44.2 Å². The Morgan fingerprint density at radius 3 is 2.52 bits per heavy atom. The van der Waals surface area contributed by atoms with Crippen molar-refractivity contribution in [3.8, 4) is 11.3 Å². The van der Waals surface area contributed by atoms with Gasteiger partial charge in [0.05, 0.1) is 5.69 Å². The van der Waals surface area contributed by atoms with E-state index < -0.39 is 0 Å². The Kier molecular flexibility index (Phi) is 3.93. The van der Waals surface area contributed by atoms with Crippen molar-refractivity contribution in [2.45, 2.75) is 20.3 Å². The summed E-state index contributed by atoms with van der Waals surface area (Å²) in [4.78, 5) is 16.8. The molecule has 2 aromatic heterocycles. The highest BCUT2D eigenvalue weighted by Gasteiger charge is 2.21. The minimum absolute atomic E-state index is 0.212. The molecule has 23 heavy (non-hydrogen) atoms. The summed E-state index contributed by atoms with van der Waals surface area (Å²) in [7, 11) is 0. The Bertz CT molecular complexity index is 853.